The molecule has 1 aliphatic carbocycles. The van der Waals surface area contributed by atoms with E-state index in [4.69, 9.17) is 9.72 Å². The molecule has 6 rings (SSSR count). The number of imidazole rings is 1. The smallest absolute Gasteiger partial charge is 0.145 e. The first kappa shape index (κ1) is 26.8. The fraction of sp³-hybridized carbons (Fsp3) is 0.237. The van der Waals surface area contributed by atoms with Crippen LogP contribution in [0.15, 0.2) is 115 Å². The summed E-state index contributed by atoms with van der Waals surface area (Å²) >= 11 is 0. The van der Waals surface area contributed by atoms with Crippen LogP contribution in [0.4, 0.5) is 0 Å². The molecule has 3 nitrogen and oxygen atoms in total. The number of allylic oxidation sites excluding steroid dienone is 2. The minimum absolute atomic E-state index is 0.0188. The summed E-state index contributed by atoms with van der Waals surface area (Å²) in [6.45, 7) is 11.2. The average Bonchev–Trinajstić information content (AvgIpc) is 3.38. The Balaban J connectivity index is 1.46. The van der Waals surface area contributed by atoms with Gasteiger partial charge in [-0.05, 0) is 83.5 Å². The van der Waals surface area contributed by atoms with E-state index in [-0.39, 0.29) is 6.10 Å². The second-order valence-electron chi connectivity index (χ2n) is 11.7. The van der Waals surface area contributed by atoms with E-state index in [0.717, 1.165) is 51.4 Å². The molecule has 0 N–H and O–H groups in total. The molecule has 0 saturated heterocycles. The second-order valence-corrected chi connectivity index (χ2v) is 11.7. The number of aromatic nitrogens is 2. The maximum Gasteiger partial charge on any atom is 0.145 e. The van der Waals surface area contributed by atoms with Crippen molar-refractivity contribution in [2.75, 3.05) is 0 Å². The summed E-state index contributed by atoms with van der Waals surface area (Å²) in [7, 11) is 0. The number of hydrogen-bond donors (Lipinski definition) is 0. The van der Waals surface area contributed by atoms with Crippen LogP contribution in [-0.2, 0) is 0 Å². The highest BCUT2D eigenvalue weighted by Gasteiger charge is 2.20. The predicted octanol–water partition coefficient (Wildman–Crippen LogP) is 10.1. The molecule has 1 aromatic heterocycles. The summed E-state index contributed by atoms with van der Waals surface area (Å²) in [6.07, 6.45) is 7.67. The van der Waals surface area contributed by atoms with Gasteiger partial charge in [-0.15, -0.1) is 0 Å². The fourth-order valence-corrected chi connectivity index (χ4v) is 5.67. The minimum atomic E-state index is 0.0188. The van der Waals surface area contributed by atoms with E-state index < -0.39 is 0 Å². The van der Waals surface area contributed by atoms with Crippen LogP contribution in [0, 0.1) is 12.8 Å². The molecule has 1 atom stereocenters. The third kappa shape index (κ3) is 5.37. The molecule has 206 valence electrons. The number of fused-ring (bicyclic) bond motifs is 1. The molecule has 0 fully saturated rings. The van der Waals surface area contributed by atoms with Crippen molar-refractivity contribution in [3.8, 4) is 34.0 Å². The SMILES string of the molecule is Cc1cc(C(C)C)cc(-c2cccc(-c3nc4ccccc4n3-c3ccccc3)c2)c1OC1C=CC(C(C)C)=CC1. The second kappa shape index (κ2) is 11.2. The maximum absolute atomic E-state index is 6.77. The van der Waals surface area contributed by atoms with E-state index in [2.05, 4.69) is 142 Å². The number of nitrogens with zero attached hydrogens (tertiary/aromatic N) is 2. The summed E-state index contributed by atoms with van der Waals surface area (Å²) in [4.78, 5) is 5.11. The van der Waals surface area contributed by atoms with Crippen molar-refractivity contribution in [3.05, 3.63) is 126 Å². The van der Waals surface area contributed by atoms with Gasteiger partial charge in [0.2, 0.25) is 0 Å². The molecule has 0 aliphatic heterocycles. The quantitative estimate of drug-likeness (QED) is 0.206. The topological polar surface area (TPSA) is 27.1 Å². The van der Waals surface area contributed by atoms with Gasteiger partial charge in [0, 0.05) is 23.2 Å². The first-order chi connectivity index (χ1) is 19.9. The largest absolute Gasteiger partial charge is 0.485 e. The van der Waals surface area contributed by atoms with Crippen molar-refractivity contribution in [2.45, 2.75) is 53.1 Å². The Kier molecular flexibility index (Phi) is 7.36. The van der Waals surface area contributed by atoms with E-state index in [1.54, 1.807) is 0 Å². The molecule has 41 heavy (non-hydrogen) atoms. The van der Waals surface area contributed by atoms with E-state index >= 15 is 0 Å². The summed E-state index contributed by atoms with van der Waals surface area (Å²) < 4.78 is 9.03. The molecule has 4 aromatic carbocycles. The molecule has 0 amide bonds. The fourth-order valence-electron chi connectivity index (χ4n) is 5.67. The summed E-state index contributed by atoms with van der Waals surface area (Å²) in [5, 5.41) is 0. The van der Waals surface area contributed by atoms with Crippen molar-refractivity contribution in [3.63, 3.8) is 0 Å². The van der Waals surface area contributed by atoms with Crippen LogP contribution < -0.4 is 4.74 Å². The molecule has 0 bridgehead atoms. The maximum atomic E-state index is 6.77. The van der Waals surface area contributed by atoms with E-state index in [1.807, 2.05) is 6.07 Å². The average molecular weight is 539 g/mol. The van der Waals surface area contributed by atoms with Crippen LogP contribution in [0.5, 0.6) is 5.75 Å². The Bertz CT molecular complexity index is 1750. The highest BCUT2D eigenvalue weighted by molar-refractivity contribution is 5.85. The molecular formula is C38H38N2O. The third-order valence-electron chi connectivity index (χ3n) is 8.00. The Morgan fingerprint density at radius 1 is 0.805 bits per heavy atom. The van der Waals surface area contributed by atoms with Crippen molar-refractivity contribution >= 4 is 11.0 Å². The lowest BCUT2D eigenvalue weighted by Crippen LogP contribution is -2.17. The highest BCUT2D eigenvalue weighted by Crippen LogP contribution is 2.39. The van der Waals surface area contributed by atoms with Crippen molar-refractivity contribution in [2.24, 2.45) is 5.92 Å². The first-order valence-corrected chi connectivity index (χ1v) is 14.7. The summed E-state index contributed by atoms with van der Waals surface area (Å²) in [6, 6.07) is 32.2. The number of hydrogen-bond acceptors (Lipinski definition) is 2. The Hall–Kier alpha value is -4.37. The van der Waals surface area contributed by atoms with Crippen LogP contribution in [0.2, 0.25) is 0 Å². The zero-order valence-electron chi connectivity index (χ0n) is 24.6. The molecular weight excluding hydrogens is 500 g/mol. The van der Waals surface area contributed by atoms with Crippen molar-refractivity contribution < 1.29 is 4.74 Å². The normalized spacial score (nSPS) is 15.1. The predicted molar refractivity (Wildman–Crippen MR) is 172 cm³/mol. The lowest BCUT2D eigenvalue weighted by atomic mass is 9.92. The molecule has 5 aromatic rings. The molecule has 3 heteroatoms. The van der Waals surface area contributed by atoms with E-state index in [1.165, 1.54) is 16.7 Å². The third-order valence-corrected chi connectivity index (χ3v) is 8.00. The van der Waals surface area contributed by atoms with Gasteiger partial charge >= 0.3 is 0 Å². The zero-order valence-corrected chi connectivity index (χ0v) is 24.6. The van der Waals surface area contributed by atoms with Gasteiger partial charge in [-0.25, -0.2) is 4.98 Å². The molecule has 1 aliphatic rings. The summed E-state index contributed by atoms with van der Waals surface area (Å²) in [5.41, 5.74) is 10.4. The Labute approximate surface area is 243 Å². The van der Waals surface area contributed by atoms with Gasteiger partial charge in [-0.3, -0.25) is 4.57 Å². The monoisotopic (exact) mass is 538 g/mol. The van der Waals surface area contributed by atoms with Gasteiger partial charge in [0.05, 0.1) is 11.0 Å². The number of ether oxygens (including phenoxy) is 1. The van der Waals surface area contributed by atoms with Gasteiger partial charge < -0.3 is 4.74 Å². The first-order valence-electron chi connectivity index (χ1n) is 14.7. The van der Waals surface area contributed by atoms with Crippen molar-refractivity contribution in [1.82, 2.24) is 9.55 Å². The molecule has 1 unspecified atom stereocenters. The molecule has 0 saturated carbocycles. The molecule has 1 heterocycles. The van der Waals surface area contributed by atoms with Crippen LogP contribution in [0.3, 0.4) is 0 Å². The van der Waals surface area contributed by atoms with Crippen LogP contribution in [0.1, 0.15) is 51.2 Å². The summed E-state index contributed by atoms with van der Waals surface area (Å²) in [5.74, 6) is 2.83. The lowest BCUT2D eigenvalue weighted by molar-refractivity contribution is 0.250. The number of rotatable bonds is 7. The van der Waals surface area contributed by atoms with Crippen LogP contribution in [0.25, 0.3) is 39.2 Å². The zero-order chi connectivity index (χ0) is 28.5. The van der Waals surface area contributed by atoms with E-state index in [9.17, 15) is 0 Å². The Morgan fingerprint density at radius 2 is 1.56 bits per heavy atom. The number of benzene rings is 4. The highest BCUT2D eigenvalue weighted by atomic mass is 16.5. The van der Waals surface area contributed by atoms with Crippen LogP contribution in [-0.4, -0.2) is 15.7 Å². The van der Waals surface area contributed by atoms with E-state index in [0.29, 0.717) is 11.8 Å². The minimum Gasteiger partial charge on any atom is -0.485 e. The van der Waals surface area contributed by atoms with Gasteiger partial charge in [-0.1, -0.05) is 94.4 Å². The number of aryl methyl sites for hydroxylation is 1. The van der Waals surface area contributed by atoms with Crippen LogP contribution >= 0.6 is 0 Å². The molecule has 0 radical (unpaired) electrons. The Morgan fingerprint density at radius 3 is 2.29 bits per heavy atom. The van der Waals surface area contributed by atoms with Gasteiger partial charge in [-0.2, -0.15) is 0 Å². The lowest BCUT2D eigenvalue weighted by Gasteiger charge is -2.24. The number of para-hydroxylation sites is 3. The standard InChI is InChI=1S/C38H38N2O/c1-25(2)28-18-20-33(21-19-28)41-37-27(5)22-31(26(3)4)24-34(37)29-12-11-13-30(23-29)38-39-35-16-9-10-17-36(35)40(38)32-14-7-6-8-15-32/h6-20,22-26,33H,21H2,1-5H3. The van der Waals surface area contributed by atoms with Crippen molar-refractivity contribution in [1.29, 1.82) is 0 Å². The van der Waals surface area contributed by atoms with Gasteiger partial charge in [0.1, 0.15) is 17.7 Å². The van der Waals surface area contributed by atoms with Gasteiger partial charge in [0.15, 0.2) is 0 Å². The van der Waals surface area contributed by atoms with Gasteiger partial charge in [0.25, 0.3) is 0 Å². The molecule has 0 spiro atoms.